The van der Waals surface area contributed by atoms with Crippen molar-refractivity contribution in [2.24, 2.45) is 0 Å². The maximum absolute atomic E-state index is 12.4. The number of aliphatic hydroxyl groups is 1. The zero-order valence-electron chi connectivity index (χ0n) is 10.2. The normalized spacial score (nSPS) is 19.1. The molecule has 2 rings (SSSR count). The van der Waals surface area contributed by atoms with Gasteiger partial charge < -0.3 is 14.7 Å². The van der Waals surface area contributed by atoms with Crippen LogP contribution in [0, 0.1) is 0 Å². The first-order chi connectivity index (χ1) is 8.67. The summed E-state index contributed by atoms with van der Waals surface area (Å²) < 4.78 is 5.88. The third-order valence-corrected chi connectivity index (χ3v) is 3.94. The van der Waals surface area contributed by atoms with Gasteiger partial charge in [-0.3, -0.25) is 4.79 Å². The van der Waals surface area contributed by atoms with E-state index in [-0.39, 0.29) is 18.6 Å². The largest absolute Gasteiger partial charge is 0.497 e. The van der Waals surface area contributed by atoms with Crippen LogP contribution >= 0.6 is 15.9 Å². The van der Waals surface area contributed by atoms with Crippen LogP contribution in [0.15, 0.2) is 22.7 Å². The van der Waals surface area contributed by atoms with Crippen LogP contribution in [-0.4, -0.2) is 42.2 Å². The lowest BCUT2D eigenvalue weighted by atomic mass is 10.1. The maximum Gasteiger partial charge on any atom is 0.255 e. The standard InChI is InChI=1S/C13H16BrNO3/c1-18-10-4-5-12(14)11(7-10)13(17)15-6-2-3-9(15)8-16/h4-5,7,9,16H,2-3,6,8H2,1H3/t9-/m1/s1. The Kier molecular flexibility index (Phi) is 4.24. The highest BCUT2D eigenvalue weighted by Crippen LogP contribution is 2.27. The number of amides is 1. The monoisotopic (exact) mass is 313 g/mol. The number of hydrogen-bond acceptors (Lipinski definition) is 3. The molecule has 1 heterocycles. The minimum Gasteiger partial charge on any atom is -0.497 e. The van der Waals surface area contributed by atoms with E-state index in [1.54, 1.807) is 30.2 Å². The van der Waals surface area contributed by atoms with Gasteiger partial charge in [0.2, 0.25) is 0 Å². The summed E-state index contributed by atoms with van der Waals surface area (Å²) in [6.07, 6.45) is 1.81. The molecular weight excluding hydrogens is 298 g/mol. The molecule has 1 N–H and O–H groups in total. The Balaban J connectivity index is 2.27. The molecule has 18 heavy (non-hydrogen) atoms. The van der Waals surface area contributed by atoms with Crippen LogP contribution < -0.4 is 4.74 Å². The first-order valence-electron chi connectivity index (χ1n) is 5.92. The fraction of sp³-hybridized carbons (Fsp3) is 0.462. The molecule has 0 aromatic heterocycles. The van der Waals surface area contributed by atoms with Gasteiger partial charge >= 0.3 is 0 Å². The van der Waals surface area contributed by atoms with Crippen molar-refractivity contribution >= 4 is 21.8 Å². The molecule has 1 aliphatic heterocycles. The fourth-order valence-electron chi connectivity index (χ4n) is 2.24. The summed E-state index contributed by atoms with van der Waals surface area (Å²) in [5.41, 5.74) is 0.578. The number of ether oxygens (including phenoxy) is 1. The second-order valence-electron chi connectivity index (χ2n) is 4.32. The van der Waals surface area contributed by atoms with Crippen LogP contribution in [0.4, 0.5) is 0 Å². The van der Waals surface area contributed by atoms with Gasteiger partial charge in [0.25, 0.3) is 5.91 Å². The quantitative estimate of drug-likeness (QED) is 0.929. The van der Waals surface area contributed by atoms with Crippen LogP contribution in [0.25, 0.3) is 0 Å². The average Bonchev–Trinajstić information content (AvgIpc) is 2.86. The highest BCUT2D eigenvalue weighted by molar-refractivity contribution is 9.10. The van der Waals surface area contributed by atoms with Gasteiger partial charge in [-0.2, -0.15) is 0 Å². The number of nitrogens with zero attached hydrogens (tertiary/aromatic N) is 1. The molecule has 0 radical (unpaired) electrons. The van der Waals surface area contributed by atoms with Gasteiger partial charge in [0.15, 0.2) is 0 Å². The second-order valence-corrected chi connectivity index (χ2v) is 5.18. The summed E-state index contributed by atoms with van der Waals surface area (Å²) in [5, 5.41) is 9.27. The number of halogens is 1. The Labute approximate surface area is 115 Å². The Morgan fingerprint density at radius 2 is 2.39 bits per heavy atom. The number of benzene rings is 1. The van der Waals surface area contributed by atoms with Crippen molar-refractivity contribution in [1.82, 2.24) is 4.90 Å². The third kappa shape index (κ3) is 2.52. The van der Waals surface area contributed by atoms with Crippen LogP contribution in [0.2, 0.25) is 0 Å². The lowest BCUT2D eigenvalue weighted by Gasteiger charge is -2.23. The molecule has 0 spiro atoms. The van der Waals surface area contributed by atoms with E-state index < -0.39 is 0 Å². The van der Waals surface area contributed by atoms with Crippen molar-refractivity contribution in [2.75, 3.05) is 20.3 Å². The van der Waals surface area contributed by atoms with E-state index in [0.717, 1.165) is 17.3 Å². The minimum absolute atomic E-state index is 0.0212. The number of carbonyl (C=O) groups is 1. The van der Waals surface area contributed by atoms with E-state index in [1.807, 2.05) is 0 Å². The SMILES string of the molecule is COc1ccc(Br)c(C(=O)N2CCC[C@@H]2CO)c1. The van der Waals surface area contributed by atoms with Crippen LogP contribution in [-0.2, 0) is 0 Å². The summed E-state index contributed by atoms with van der Waals surface area (Å²) in [4.78, 5) is 14.2. The van der Waals surface area contributed by atoms with E-state index in [9.17, 15) is 9.90 Å². The van der Waals surface area contributed by atoms with Gasteiger partial charge in [-0.1, -0.05) is 0 Å². The number of likely N-dealkylation sites (tertiary alicyclic amines) is 1. The van der Waals surface area contributed by atoms with Crippen molar-refractivity contribution in [3.05, 3.63) is 28.2 Å². The number of hydrogen-bond donors (Lipinski definition) is 1. The second kappa shape index (κ2) is 5.71. The molecule has 5 heteroatoms. The predicted octanol–water partition coefficient (Wildman–Crippen LogP) is 2.05. The van der Waals surface area contributed by atoms with Gasteiger partial charge in [-0.15, -0.1) is 0 Å². The van der Waals surface area contributed by atoms with E-state index in [2.05, 4.69) is 15.9 Å². The van der Waals surface area contributed by atoms with Gasteiger partial charge in [0.1, 0.15) is 5.75 Å². The molecule has 1 aromatic carbocycles. The third-order valence-electron chi connectivity index (χ3n) is 3.25. The molecule has 1 aliphatic rings. The van der Waals surface area contributed by atoms with Gasteiger partial charge in [-0.05, 0) is 47.0 Å². The predicted molar refractivity (Wildman–Crippen MR) is 71.8 cm³/mol. The lowest BCUT2D eigenvalue weighted by molar-refractivity contribution is 0.0676. The Bertz CT molecular complexity index is 450. The summed E-state index contributed by atoms with van der Waals surface area (Å²) in [6, 6.07) is 5.26. The van der Waals surface area contributed by atoms with E-state index >= 15 is 0 Å². The number of rotatable bonds is 3. The topological polar surface area (TPSA) is 49.8 Å². The van der Waals surface area contributed by atoms with E-state index in [0.29, 0.717) is 17.9 Å². The molecule has 0 unspecified atom stereocenters. The number of methoxy groups -OCH3 is 1. The minimum atomic E-state index is -0.0596. The maximum atomic E-state index is 12.4. The fourth-order valence-corrected chi connectivity index (χ4v) is 2.66. The zero-order valence-corrected chi connectivity index (χ0v) is 11.8. The molecule has 0 bridgehead atoms. The van der Waals surface area contributed by atoms with Gasteiger partial charge in [0.05, 0.1) is 25.3 Å². The molecule has 1 saturated heterocycles. The Morgan fingerprint density at radius 1 is 1.61 bits per heavy atom. The van der Waals surface area contributed by atoms with Crippen molar-refractivity contribution in [3.63, 3.8) is 0 Å². The molecular formula is C13H16BrNO3. The molecule has 98 valence electrons. The molecule has 1 amide bonds. The van der Waals surface area contributed by atoms with E-state index in [4.69, 9.17) is 4.74 Å². The molecule has 1 fully saturated rings. The number of carbonyl (C=O) groups excluding carboxylic acids is 1. The Hall–Kier alpha value is -1.07. The lowest BCUT2D eigenvalue weighted by Crippen LogP contribution is -2.37. The van der Waals surface area contributed by atoms with Crippen molar-refractivity contribution in [1.29, 1.82) is 0 Å². The van der Waals surface area contributed by atoms with Gasteiger partial charge in [-0.25, -0.2) is 0 Å². The molecule has 1 aromatic rings. The molecule has 0 aliphatic carbocycles. The first-order valence-corrected chi connectivity index (χ1v) is 6.72. The molecule has 1 atom stereocenters. The first kappa shape index (κ1) is 13.4. The van der Waals surface area contributed by atoms with Crippen LogP contribution in [0.1, 0.15) is 23.2 Å². The van der Waals surface area contributed by atoms with Crippen molar-refractivity contribution in [2.45, 2.75) is 18.9 Å². The zero-order chi connectivity index (χ0) is 13.1. The Morgan fingerprint density at radius 3 is 3.06 bits per heavy atom. The molecule has 0 saturated carbocycles. The van der Waals surface area contributed by atoms with E-state index in [1.165, 1.54) is 0 Å². The summed E-state index contributed by atoms with van der Waals surface area (Å²) >= 11 is 3.38. The summed E-state index contributed by atoms with van der Waals surface area (Å²) in [5.74, 6) is 0.596. The summed E-state index contributed by atoms with van der Waals surface area (Å²) in [6.45, 7) is 0.723. The van der Waals surface area contributed by atoms with Crippen molar-refractivity contribution < 1.29 is 14.6 Å². The smallest absolute Gasteiger partial charge is 0.255 e. The van der Waals surface area contributed by atoms with Gasteiger partial charge in [0, 0.05) is 11.0 Å². The van der Waals surface area contributed by atoms with Crippen LogP contribution in [0.3, 0.4) is 0 Å². The summed E-state index contributed by atoms with van der Waals surface area (Å²) in [7, 11) is 1.57. The highest BCUT2D eigenvalue weighted by Gasteiger charge is 2.29. The van der Waals surface area contributed by atoms with Crippen LogP contribution in [0.5, 0.6) is 5.75 Å². The number of aliphatic hydroxyl groups excluding tert-OH is 1. The molecule has 4 nitrogen and oxygen atoms in total. The van der Waals surface area contributed by atoms with Crippen molar-refractivity contribution in [3.8, 4) is 5.75 Å². The average molecular weight is 314 g/mol. The highest BCUT2D eigenvalue weighted by atomic mass is 79.9.